The molecule has 34 heavy (non-hydrogen) atoms. The number of nitrogens with zero attached hydrogens (tertiary/aromatic N) is 2. The molecule has 0 radical (unpaired) electrons. The van der Waals surface area contributed by atoms with Crippen molar-refractivity contribution in [2.24, 2.45) is 0 Å². The smallest absolute Gasteiger partial charge is 0.246 e. The highest BCUT2D eigenvalue weighted by atomic mass is 16.5. The summed E-state index contributed by atoms with van der Waals surface area (Å²) < 4.78 is 11.6. The van der Waals surface area contributed by atoms with Crippen LogP contribution in [0, 0.1) is 0 Å². The molecular formula is C27H31N3O4. The molecule has 1 fully saturated rings. The number of para-hydroxylation sites is 1. The average Bonchev–Trinajstić information content (AvgIpc) is 3.18. The molecule has 2 aliphatic rings. The van der Waals surface area contributed by atoms with Gasteiger partial charge in [-0.2, -0.15) is 0 Å². The number of piperazine rings is 1. The van der Waals surface area contributed by atoms with Crippen molar-refractivity contribution in [3.05, 3.63) is 59.3 Å². The van der Waals surface area contributed by atoms with E-state index in [1.54, 1.807) is 16.9 Å². The van der Waals surface area contributed by atoms with Crippen molar-refractivity contribution in [2.75, 3.05) is 13.7 Å². The van der Waals surface area contributed by atoms with E-state index in [9.17, 15) is 9.59 Å². The van der Waals surface area contributed by atoms with Gasteiger partial charge in [0.25, 0.3) is 0 Å². The second-order valence-corrected chi connectivity index (χ2v) is 9.62. The Morgan fingerprint density at radius 2 is 1.79 bits per heavy atom. The Morgan fingerprint density at radius 1 is 1.03 bits per heavy atom. The normalized spacial score (nSPS) is 20.2. The van der Waals surface area contributed by atoms with E-state index < -0.39 is 12.1 Å². The molecule has 2 unspecified atom stereocenters. The van der Waals surface area contributed by atoms with Gasteiger partial charge in [-0.15, -0.1) is 0 Å². The predicted molar refractivity (Wildman–Crippen MR) is 130 cm³/mol. The van der Waals surface area contributed by atoms with E-state index in [2.05, 4.69) is 11.1 Å². The molecule has 1 aromatic heterocycles. The zero-order valence-electron chi connectivity index (χ0n) is 20.3. The van der Waals surface area contributed by atoms with E-state index in [1.165, 1.54) is 0 Å². The second-order valence-electron chi connectivity index (χ2n) is 9.62. The molecule has 0 saturated carbocycles. The van der Waals surface area contributed by atoms with E-state index >= 15 is 0 Å². The highest BCUT2D eigenvalue weighted by Crippen LogP contribution is 2.44. The maximum atomic E-state index is 13.6. The fourth-order valence-electron chi connectivity index (χ4n) is 5.28. The fourth-order valence-corrected chi connectivity index (χ4v) is 5.28. The van der Waals surface area contributed by atoms with Gasteiger partial charge in [0.15, 0.2) is 11.5 Å². The Kier molecular flexibility index (Phi) is 5.50. The molecule has 1 N–H and O–H groups in total. The van der Waals surface area contributed by atoms with Gasteiger partial charge in [0.2, 0.25) is 11.8 Å². The SMILES string of the molecule is COc1cc(C2c3[nH]c4ccccc4c3CC3C(=O)N(C(C)C)CC(=O)N32)ccc1OC(C)C. The fraction of sp³-hybridized carbons (Fsp3) is 0.407. The lowest BCUT2D eigenvalue weighted by molar-refractivity contribution is -0.160. The standard InChI is InChI=1S/C27H31N3O4/c1-15(2)29-14-24(31)30-21(27(29)32)13-19-18-8-6-7-9-20(18)28-25(19)26(30)17-10-11-22(34-16(3)4)23(12-17)33-5/h6-12,15-16,21,26,28H,13-14H2,1-5H3. The number of fused-ring (bicyclic) bond motifs is 4. The quantitative estimate of drug-likeness (QED) is 0.622. The van der Waals surface area contributed by atoms with Crippen LogP contribution in [0.15, 0.2) is 42.5 Å². The zero-order chi connectivity index (χ0) is 24.1. The molecule has 0 bridgehead atoms. The van der Waals surface area contributed by atoms with Crippen LogP contribution in [0.25, 0.3) is 10.9 Å². The second kappa shape index (κ2) is 8.38. The first kappa shape index (κ1) is 22.3. The third-order valence-corrected chi connectivity index (χ3v) is 6.78. The summed E-state index contributed by atoms with van der Waals surface area (Å²) in [5.41, 5.74) is 3.93. The Labute approximate surface area is 199 Å². The first-order valence-corrected chi connectivity index (χ1v) is 11.9. The summed E-state index contributed by atoms with van der Waals surface area (Å²) in [6, 6.07) is 12.9. The number of hydrogen-bond donors (Lipinski definition) is 1. The molecule has 3 heterocycles. The maximum Gasteiger partial charge on any atom is 0.246 e. The van der Waals surface area contributed by atoms with E-state index in [4.69, 9.17) is 9.47 Å². The summed E-state index contributed by atoms with van der Waals surface area (Å²) in [7, 11) is 1.61. The van der Waals surface area contributed by atoms with Crippen LogP contribution in [-0.4, -0.2) is 58.4 Å². The highest BCUT2D eigenvalue weighted by Gasteiger charge is 2.48. The van der Waals surface area contributed by atoms with Crippen molar-refractivity contribution in [3.8, 4) is 11.5 Å². The first-order chi connectivity index (χ1) is 16.3. The summed E-state index contributed by atoms with van der Waals surface area (Å²) >= 11 is 0. The van der Waals surface area contributed by atoms with E-state index in [-0.39, 0.29) is 30.5 Å². The van der Waals surface area contributed by atoms with Gasteiger partial charge in [0, 0.05) is 29.1 Å². The van der Waals surface area contributed by atoms with Gasteiger partial charge in [0.05, 0.1) is 19.3 Å². The largest absolute Gasteiger partial charge is 0.493 e. The van der Waals surface area contributed by atoms with Gasteiger partial charge in [-0.25, -0.2) is 0 Å². The number of nitrogens with one attached hydrogen (secondary N) is 1. The van der Waals surface area contributed by atoms with Gasteiger partial charge in [-0.1, -0.05) is 24.3 Å². The molecule has 7 nitrogen and oxygen atoms in total. The summed E-state index contributed by atoms with van der Waals surface area (Å²) in [6.45, 7) is 7.93. The molecule has 0 spiro atoms. The summed E-state index contributed by atoms with van der Waals surface area (Å²) in [4.78, 5) is 34.1. The number of ether oxygens (including phenoxy) is 2. The molecule has 7 heteroatoms. The third-order valence-electron chi connectivity index (χ3n) is 6.78. The van der Waals surface area contributed by atoms with Gasteiger partial charge in [0.1, 0.15) is 12.6 Å². The van der Waals surface area contributed by atoms with Crippen molar-refractivity contribution >= 4 is 22.7 Å². The lowest BCUT2D eigenvalue weighted by Gasteiger charge is -2.48. The lowest BCUT2D eigenvalue weighted by Crippen LogP contribution is -2.64. The molecule has 2 aromatic carbocycles. The molecule has 2 atom stereocenters. The number of amides is 2. The van der Waals surface area contributed by atoms with E-state index in [0.717, 1.165) is 27.7 Å². The number of aromatic nitrogens is 1. The number of aromatic amines is 1. The number of carbonyl (C=O) groups is 2. The van der Waals surface area contributed by atoms with Crippen LogP contribution >= 0.6 is 0 Å². The van der Waals surface area contributed by atoms with Crippen LogP contribution in [-0.2, 0) is 16.0 Å². The number of H-pyrrole nitrogens is 1. The van der Waals surface area contributed by atoms with Crippen LogP contribution in [0.4, 0.5) is 0 Å². The summed E-state index contributed by atoms with van der Waals surface area (Å²) in [5.74, 6) is 1.21. The van der Waals surface area contributed by atoms with Crippen LogP contribution in [0.5, 0.6) is 11.5 Å². The molecule has 5 rings (SSSR count). The van der Waals surface area contributed by atoms with Crippen LogP contribution < -0.4 is 9.47 Å². The van der Waals surface area contributed by atoms with Crippen molar-refractivity contribution < 1.29 is 19.1 Å². The van der Waals surface area contributed by atoms with Crippen molar-refractivity contribution in [3.63, 3.8) is 0 Å². The van der Waals surface area contributed by atoms with Gasteiger partial charge in [-0.3, -0.25) is 9.59 Å². The van der Waals surface area contributed by atoms with E-state index in [0.29, 0.717) is 17.9 Å². The average molecular weight is 462 g/mol. The first-order valence-electron chi connectivity index (χ1n) is 11.9. The minimum Gasteiger partial charge on any atom is -0.493 e. The third kappa shape index (κ3) is 3.50. The molecule has 178 valence electrons. The Bertz CT molecular complexity index is 1260. The monoisotopic (exact) mass is 461 g/mol. The Hall–Kier alpha value is -3.48. The highest BCUT2D eigenvalue weighted by molar-refractivity contribution is 5.97. The molecule has 3 aromatic rings. The van der Waals surface area contributed by atoms with Gasteiger partial charge < -0.3 is 24.3 Å². The molecule has 1 saturated heterocycles. The number of benzene rings is 2. The van der Waals surface area contributed by atoms with Crippen LogP contribution in [0.2, 0.25) is 0 Å². The molecule has 2 amide bonds. The topological polar surface area (TPSA) is 74.9 Å². The zero-order valence-corrected chi connectivity index (χ0v) is 20.3. The van der Waals surface area contributed by atoms with Crippen LogP contribution in [0.1, 0.15) is 50.6 Å². The molecule has 2 aliphatic heterocycles. The molecule has 0 aliphatic carbocycles. The van der Waals surface area contributed by atoms with Crippen molar-refractivity contribution in [1.29, 1.82) is 0 Å². The van der Waals surface area contributed by atoms with Gasteiger partial charge in [-0.05, 0) is 57.0 Å². The van der Waals surface area contributed by atoms with E-state index in [1.807, 2.05) is 64.1 Å². The molecular weight excluding hydrogens is 430 g/mol. The predicted octanol–water partition coefficient (Wildman–Crippen LogP) is 4.06. The summed E-state index contributed by atoms with van der Waals surface area (Å²) in [6.07, 6.45) is 0.498. The van der Waals surface area contributed by atoms with Gasteiger partial charge >= 0.3 is 0 Å². The lowest BCUT2D eigenvalue weighted by atomic mass is 9.86. The summed E-state index contributed by atoms with van der Waals surface area (Å²) in [5, 5.41) is 1.09. The minimum absolute atomic E-state index is 0.00209. The Morgan fingerprint density at radius 3 is 2.50 bits per heavy atom. The number of methoxy groups -OCH3 is 1. The minimum atomic E-state index is -0.544. The Balaban J connectivity index is 1.69. The van der Waals surface area contributed by atoms with Crippen molar-refractivity contribution in [2.45, 2.75) is 58.3 Å². The number of hydrogen-bond acceptors (Lipinski definition) is 4. The number of carbonyl (C=O) groups excluding carboxylic acids is 2. The van der Waals surface area contributed by atoms with Crippen LogP contribution in [0.3, 0.4) is 0 Å². The number of rotatable bonds is 5. The van der Waals surface area contributed by atoms with Crippen molar-refractivity contribution in [1.82, 2.24) is 14.8 Å². The maximum absolute atomic E-state index is 13.6.